The molecule has 0 radical (unpaired) electrons. The van der Waals surface area contributed by atoms with Crippen molar-refractivity contribution in [3.05, 3.63) is 29.1 Å². The third-order valence-corrected chi connectivity index (χ3v) is 3.61. The number of benzene rings is 1. The van der Waals surface area contributed by atoms with Gasteiger partial charge in [-0.05, 0) is 37.0 Å². The highest BCUT2D eigenvalue weighted by atomic mass is 35.5. The van der Waals surface area contributed by atoms with Gasteiger partial charge in [0.15, 0.2) is 0 Å². The second kappa shape index (κ2) is 6.55. The van der Waals surface area contributed by atoms with Gasteiger partial charge in [0.25, 0.3) is 0 Å². The van der Waals surface area contributed by atoms with Crippen LogP contribution in [0.3, 0.4) is 0 Å². The van der Waals surface area contributed by atoms with E-state index in [0.29, 0.717) is 6.61 Å². The van der Waals surface area contributed by atoms with Gasteiger partial charge in [-0.3, -0.25) is 0 Å². The fourth-order valence-electron chi connectivity index (χ4n) is 2.67. The van der Waals surface area contributed by atoms with Crippen LogP contribution in [-0.4, -0.2) is 32.4 Å². The number of ether oxygens (including phenoxy) is 2. The predicted octanol–water partition coefficient (Wildman–Crippen LogP) is -1.20. The molecule has 19 heavy (non-hydrogen) atoms. The Labute approximate surface area is 120 Å². The average molecular weight is 288 g/mol. The standard InChI is InChI=1S/C14H18FNO2.ClH/c15-13-4-5-14(12-3-1-2-11(12)13)18-9-10-8-16-6-7-17-10;/h4-5,10,16H,1-3,6-9H2;1H/t10-;/m0./s1. The van der Waals surface area contributed by atoms with E-state index >= 15 is 0 Å². The number of hydrogen-bond acceptors (Lipinski definition) is 3. The van der Waals surface area contributed by atoms with Crippen molar-refractivity contribution in [1.82, 2.24) is 5.32 Å². The SMILES string of the molecule is Fc1ccc(OC[C@@H]2CNCCO2)c2c1CCC2.[Cl-].[H+]. The average Bonchev–Trinajstić information content (AvgIpc) is 2.90. The quantitative estimate of drug-likeness (QED) is 0.758. The molecule has 0 amide bonds. The molecular formula is C14H19ClFNO2. The molecule has 1 N–H and O–H groups in total. The summed E-state index contributed by atoms with van der Waals surface area (Å²) in [6, 6.07) is 3.26. The van der Waals surface area contributed by atoms with E-state index in [-0.39, 0.29) is 25.8 Å². The van der Waals surface area contributed by atoms with Gasteiger partial charge in [-0.1, -0.05) is 0 Å². The molecular weight excluding hydrogens is 269 g/mol. The number of fused-ring (bicyclic) bond motifs is 1. The minimum atomic E-state index is -0.0922. The van der Waals surface area contributed by atoms with E-state index in [0.717, 1.165) is 55.8 Å². The molecule has 0 aromatic heterocycles. The molecule has 1 aromatic carbocycles. The summed E-state index contributed by atoms with van der Waals surface area (Å²) in [4.78, 5) is 0. The Bertz CT molecular complexity index is 441. The van der Waals surface area contributed by atoms with Gasteiger partial charge in [0.1, 0.15) is 24.3 Å². The first kappa shape index (κ1) is 14.6. The van der Waals surface area contributed by atoms with E-state index in [2.05, 4.69) is 5.32 Å². The van der Waals surface area contributed by atoms with Crippen molar-refractivity contribution in [2.45, 2.75) is 25.4 Å². The maximum absolute atomic E-state index is 13.6. The molecule has 1 atom stereocenters. The Morgan fingerprint density at radius 2 is 2.21 bits per heavy atom. The molecule has 3 rings (SSSR count). The molecule has 106 valence electrons. The van der Waals surface area contributed by atoms with Gasteiger partial charge in [-0.2, -0.15) is 0 Å². The van der Waals surface area contributed by atoms with E-state index in [1.807, 2.05) is 0 Å². The van der Waals surface area contributed by atoms with Crippen molar-refractivity contribution >= 4 is 0 Å². The summed E-state index contributed by atoms with van der Waals surface area (Å²) >= 11 is 0. The monoisotopic (exact) mass is 287 g/mol. The summed E-state index contributed by atoms with van der Waals surface area (Å²) < 4.78 is 25.0. The van der Waals surface area contributed by atoms with Crippen molar-refractivity contribution in [3.63, 3.8) is 0 Å². The maximum Gasteiger partial charge on any atom is 1.00 e. The highest BCUT2D eigenvalue weighted by molar-refractivity contribution is 5.43. The van der Waals surface area contributed by atoms with Crippen LogP contribution in [0.5, 0.6) is 5.75 Å². The number of hydrogen-bond donors (Lipinski definition) is 1. The second-order valence-electron chi connectivity index (χ2n) is 4.86. The third kappa shape index (κ3) is 3.19. The lowest BCUT2D eigenvalue weighted by molar-refractivity contribution is -0.000178. The smallest absolute Gasteiger partial charge is 1.00 e. The summed E-state index contributed by atoms with van der Waals surface area (Å²) in [5.74, 6) is 0.739. The third-order valence-electron chi connectivity index (χ3n) is 3.61. The molecule has 1 fully saturated rings. The zero-order valence-corrected chi connectivity index (χ0v) is 11.5. The number of morpholine rings is 1. The maximum atomic E-state index is 13.6. The Morgan fingerprint density at radius 3 is 3.00 bits per heavy atom. The van der Waals surface area contributed by atoms with Crippen LogP contribution in [-0.2, 0) is 17.6 Å². The highest BCUT2D eigenvalue weighted by Gasteiger charge is 2.21. The normalized spacial score (nSPS) is 21.6. The van der Waals surface area contributed by atoms with Gasteiger partial charge >= 0.3 is 1.43 Å². The molecule has 2 aliphatic rings. The summed E-state index contributed by atoms with van der Waals surface area (Å²) in [6.45, 7) is 2.99. The summed E-state index contributed by atoms with van der Waals surface area (Å²) in [5, 5.41) is 3.27. The van der Waals surface area contributed by atoms with Crippen molar-refractivity contribution in [2.24, 2.45) is 0 Å². The molecule has 1 aromatic rings. The van der Waals surface area contributed by atoms with Crippen LogP contribution in [0, 0.1) is 5.82 Å². The minimum absolute atomic E-state index is 0. The Hall–Kier alpha value is -0.840. The first-order valence-corrected chi connectivity index (χ1v) is 6.60. The molecule has 0 saturated carbocycles. The fourth-order valence-corrected chi connectivity index (χ4v) is 2.67. The Balaban J connectivity index is 0.000001000. The van der Waals surface area contributed by atoms with Crippen LogP contribution in [0.1, 0.15) is 19.0 Å². The zero-order chi connectivity index (χ0) is 12.4. The van der Waals surface area contributed by atoms with Crippen molar-refractivity contribution in [1.29, 1.82) is 0 Å². The van der Waals surface area contributed by atoms with E-state index in [1.165, 1.54) is 6.07 Å². The molecule has 1 aliphatic heterocycles. The first-order valence-electron chi connectivity index (χ1n) is 6.60. The first-order chi connectivity index (χ1) is 8.84. The zero-order valence-electron chi connectivity index (χ0n) is 11.8. The lowest BCUT2D eigenvalue weighted by Gasteiger charge is -2.24. The Kier molecular flexibility index (Phi) is 5.02. The van der Waals surface area contributed by atoms with E-state index in [9.17, 15) is 4.39 Å². The van der Waals surface area contributed by atoms with Crippen LogP contribution < -0.4 is 22.5 Å². The number of rotatable bonds is 3. The van der Waals surface area contributed by atoms with Crippen molar-refractivity contribution in [2.75, 3.05) is 26.3 Å². The van der Waals surface area contributed by atoms with Gasteiger partial charge in [-0.15, -0.1) is 0 Å². The molecule has 1 heterocycles. The molecule has 0 spiro atoms. The molecule has 1 aliphatic carbocycles. The van der Waals surface area contributed by atoms with E-state index in [1.54, 1.807) is 6.07 Å². The molecule has 0 bridgehead atoms. The second-order valence-corrected chi connectivity index (χ2v) is 4.86. The lowest BCUT2D eigenvalue weighted by atomic mass is 10.1. The molecule has 0 unspecified atom stereocenters. The number of halogens is 2. The van der Waals surface area contributed by atoms with Crippen LogP contribution in [0.25, 0.3) is 0 Å². The van der Waals surface area contributed by atoms with Crippen molar-refractivity contribution in [3.8, 4) is 5.75 Å². The summed E-state index contributed by atoms with van der Waals surface area (Å²) in [5.41, 5.74) is 1.90. The largest absolute Gasteiger partial charge is 1.00 e. The van der Waals surface area contributed by atoms with Gasteiger partial charge in [0.05, 0.1) is 6.61 Å². The lowest BCUT2D eigenvalue weighted by Crippen LogP contribution is -3.00. The topological polar surface area (TPSA) is 30.5 Å². The van der Waals surface area contributed by atoms with Gasteiger partial charge in [-0.25, -0.2) is 4.39 Å². The Morgan fingerprint density at radius 1 is 1.37 bits per heavy atom. The van der Waals surface area contributed by atoms with Crippen LogP contribution >= 0.6 is 0 Å². The van der Waals surface area contributed by atoms with Crippen LogP contribution in [0.15, 0.2) is 12.1 Å². The van der Waals surface area contributed by atoms with Crippen LogP contribution in [0.4, 0.5) is 4.39 Å². The van der Waals surface area contributed by atoms with E-state index in [4.69, 9.17) is 9.47 Å². The van der Waals surface area contributed by atoms with Gasteiger partial charge in [0.2, 0.25) is 0 Å². The fraction of sp³-hybridized carbons (Fsp3) is 0.571. The molecule has 5 heteroatoms. The van der Waals surface area contributed by atoms with E-state index < -0.39 is 0 Å². The minimum Gasteiger partial charge on any atom is -1.00 e. The molecule has 3 nitrogen and oxygen atoms in total. The highest BCUT2D eigenvalue weighted by Crippen LogP contribution is 2.32. The summed E-state index contributed by atoms with van der Waals surface area (Å²) in [6.07, 6.45) is 2.88. The number of nitrogens with one attached hydrogen (secondary N) is 1. The van der Waals surface area contributed by atoms with Crippen molar-refractivity contribution < 1.29 is 27.7 Å². The van der Waals surface area contributed by atoms with Gasteiger partial charge < -0.3 is 27.2 Å². The molecule has 1 saturated heterocycles. The van der Waals surface area contributed by atoms with Crippen LogP contribution in [0.2, 0.25) is 0 Å². The predicted molar refractivity (Wildman–Crippen MR) is 67.6 cm³/mol. The van der Waals surface area contributed by atoms with Gasteiger partial charge in [0, 0.05) is 18.7 Å². The summed E-state index contributed by atoms with van der Waals surface area (Å²) in [7, 11) is 0.